The summed E-state index contributed by atoms with van der Waals surface area (Å²) in [7, 11) is -6.59. The van der Waals surface area contributed by atoms with Crippen LogP contribution in [0.4, 0.5) is 0 Å². The van der Waals surface area contributed by atoms with E-state index in [9.17, 15) is 16.8 Å². The van der Waals surface area contributed by atoms with Crippen molar-refractivity contribution in [3.05, 3.63) is 0 Å². The molecule has 1 N–H and O–H groups in total. The molecule has 0 aliphatic carbocycles. The van der Waals surface area contributed by atoms with Gasteiger partial charge < -0.3 is 0 Å². The largest absolute Gasteiger partial charge is 0.228 e. The topological polar surface area (TPSA) is 83.6 Å². The first-order chi connectivity index (χ1) is 7.24. The van der Waals surface area contributed by atoms with Gasteiger partial charge in [0.1, 0.15) is 5.21 Å². The van der Waals surface area contributed by atoms with Crippen molar-refractivity contribution < 1.29 is 16.8 Å². The molecule has 0 spiro atoms. The lowest BCUT2D eigenvalue weighted by molar-refractivity contribution is 0.310. The molecule has 0 aromatic carbocycles. The first-order valence-electron chi connectivity index (χ1n) is 4.76. The normalized spacial score (nSPS) is 21.1. The van der Waals surface area contributed by atoms with E-state index in [-0.39, 0.29) is 6.04 Å². The molecule has 1 heterocycles. The summed E-state index contributed by atoms with van der Waals surface area (Å²) in [6.45, 7) is 0.616. The lowest BCUT2D eigenvalue weighted by Gasteiger charge is -2.30. The molecule has 0 aromatic heterocycles. The van der Waals surface area contributed by atoms with Crippen molar-refractivity contribution in [2.24, 2.45) is 0 Å². The predicted octanol–water partition coefficient (Wildman–Crippen LogP) is -0.474. The van der Waals surface area contributed by atoms with Gasteiger partial charge in [-0.2, -0.15) is 0 Å². The number of hydrogen-bond acceptors (Lipinski definition) is 4. The second kappa shape index (κ2) is 5.18. The SMILES string of the molecule is CS(=O)(=O)NC1CCN(S(=O)(=O)CCl)CC1. The van der Waals surface area contributed by atoms with Gasteiger partial charge in [-0.05, 0) is 12.8 Å². The molecule has 1 aliphatic heterocycles. The van der Waals surface area contributed by atoms with Crippen molar-refractivity contribution in [1.29, 1.82) is 0 Å². The number of halogens is 1. The van der Waals surface area contributed by atoms with E-state index < -0.39 is 25.3 Å². The fourth-order valence-corrected chi connectivity index (χ4v) is 3.78. The van der Waals surface area contributed by atoms with Gasteiger partial charge in [0, 0.05) is 19.1 Å². The van der Waals surface area contributed by atoms with E-state index >= 15 is 0 Å². The number of hydrogen-bond donors (Lipinski definition) is 1. The van der Waals surface area contributed by atoms with Crippen LogP contribution in [-0.2, 0) is 20.0 Å². The Morgan fingerprint density at radius 2 is 1.75 bits per heavy atom. The third-order valence-corrected chi connectivity index (χ3v) is 5.38. The maximum atomic E-state index is 11.4. The molecule has 0 atom stereocenters. The molecule has 1 aliphatic rings. The van der Waals surface area contributed by atoms with Crippen LogP contribution in [0.3, 0.4) is 0 Å². The second-order valence-corrected chi connectivity index (χ2v) is 8.12. The molecular formula is C7H15ClN2O4S2. The van der Waals surface area contributed by atoms with Gasteiger partial charge in [0.15, 0.2) is 0 Å². The van der Waals surface area contributed by atoms with Crippen molar-refractivity contribution in [3.8, 4) is 0 Å². The van der Waals surface area contributed by atoms with Gasteiger partial charge in [-0.25, -0.2) is 25.9 Å². The van der Waals surface area contributed by atoms with Crippen LogP contribution in [0.2, 0.25) is 0 Å². The van der Waals surface area contributed by atoms with E-state index in [1.54, 1.807) is 0 Å². The molecule has 0 amide bonds. The van der Waals surface area contributed by atoms with Crippen LogP contribution in [0.25, 0.3) is 0 Å². The lowest BCUT2D eigenvalue weighted by atomic mass is 10.1. The molecule has 0 radical (unpaired) electrons. The predicted molar refractivity (Wildman–Crippen MR) is 62.2 cm³/mol. The monoisotopic (exact) mass is 290 g/mol. The fourth-order valence-electron chi connectivity index (χ4n) is 1.62. The summed E-state index contributed by atoms with van der Waals surface area (Å²) in [5, 5.41) is -0.433. The average molecular weight is 291 g/mol. The Labute approximate surface area is 101 Å². The highest BCUT2D eigenvalue weighted by Gasteiger charge is 2.28. The molecule has 0 unspecified atom stereocenters. The minimum Gasteiger partial charge on any atom is -0.213 e. The van der Waals surface area contributed by atoms with Gasteiger partial charge in [-0.3, -0.25) is 0 Å². The van der Waals surface area contributed by atoms with Gasteiger partial charge in [-0.1, -0.05) is 0 Å². The third-order valence-electron chi connectivity index (χ3n) is 2.37. The summed E-state index contributed by atoms with van der Waals surface area (Å²) in [5.41, 5.74) is 0. The van der Waals surface area contributed by atoms with Crippen LogP contribution >= 0.6 is 11.6 Å². The molecule has 0 aromatic rings. The van der Waals surface area contributed by atoms with E-state index in [0.717, 1.165) is 6.26 Å². The van der Waals surface area contributed by atoms with Crippen LogP contribution in [0.5, 0.6) is 0 Å². The van der Waals surface area contributed by atoms with Crippen LogP contribution in [-0.4, -0.2) is 51.7 Å². The zero-order valence-corrected chi connectivity index (χ0v) is 11.3. The van der Waals surface area contributed by atoms with E-state index in [2.05, 4.69) is 4.72 Å². The van der Waals surface area contributed by atoms with Gasteiger partial charge in [0.2, 0.25) is 20.0 Å². The van der Waals surface area contributed by atoms with Gasteiger partial charge in [-0.15, -0.1) is 11.6 Å². The Hall–Kier alpha value is 0.110. The number of alkyl halides is 1. The maximum absolute atomic E-state index is 11.4. The first kappa shape index (κ1) is 14.2. The number of nitrogens with zero attached hydrogens (tertiary/aromatic N) is 1. The van der Waals surface area contributed by atoms with Gasteiger partial charge in [0.25, 0.3) is 0 Å². The summed E-state index contributed by atoms with van der Waals surface area (Å²) in [5.74, 6) is 0. The van der Waals surface area contributed by atoms with Crippen molar-refractivity contribution in [2.75, 3.05) is 24.6 Å². The molecule has 1 saturated heterocycles. The molecule has 0 bridgehead atoms. The zero-order chi connectivity index (χ0) is 12.4. The molecule has 9 heteroatoms. The number of sulfonamides is 2. The zero-order valence-electron chi connectivity index (χ0n) is 8.89. The number of piperidine rings is 1. The Morgan fingerprint density at radius 3 is 2.12 bits per heavy atom. The second-order valence-electron chi connectivity index (χ2n) is 3.78. The summed E-state index contributed by atoms with van der Waals surface area (Å²) in [6.07, 6.45) is 2.04. The molecular weight excluding hydrogens is 276 g/mol. The van der Waals surface area contributed by atoms with Crippen LogP contribution in [0, 0.1) is 0 Å². The summed E-state index contributed by atoms with van der Waals surface area (Å²) in [6, 6.07) is -0.184. The van der Waals surface area contributed by atoms with E-state index in [4.69, 9.17) is 11.6 Å². The summed E-state index contributed by atoms with van der Waals surface area (Å²) in [4.78, 5) is 0. The molecule has 1 fully saturated rings. The minimum absolute atomic E-state index is 0.184. The highest BCUT2D eigenvalue weighted by atomic mass is 35.5. The molecule has 0 saturated carbocycles. The fraction of sp³-hybridized carbons (Fsp3) is 1.00. The lowest BCUT2D eigenvalue weighted by Crippen LogP contribution is -2.46. The molecule has 16 heavy (non-hydrogen) atoms. The maximum Gasteiger partial charge on any atom is 0.228 e. The highest BCUT2D eigenvalue weighted by molar-refractivity contribution is 7.90. The average Bonchev–Trinajstić information content (AvgIpc) is 2.16. The third kappa shape index (κ3) is 4.17. The van der Waals surface area contributed by atoms with E-state index in [0.29, 0.717) is 25.9 Å². The Bertz CT molecular complexity index is 425. The van der Waals surface area contributed by atoms with Crippen LogP contribution < -0.4 is 4.72 Å². The smallest absolute Gasteiger partial charge is 0.213 e. The Morgan fingerprint density at radius 1 is 1.25 bits per heavy atom. The Balaban J connectivity index is 2.52. The molecule has 6 nitrogen and oxygen atoms in total. The van der Waals surface area contributed by atoms with Crippen molar-refractivity contribution in [2.45, 2.75) is 18.9 Å². The van der Waals surface area contributed by atoms with Crippen molar-refractivity contribution in [1.82, 2.24) is 9.03 Å². The first-order valence-corrected chi connectivity index (χ1v) is 8.79. The summed E-state index contributed by atoms with van der Waals surface area (Å²) < 4.78 is 48.5. The number of rotatable bonds is 4. The van der Waals surface area contributed by atoms with E-state index in [1.807, 2.05) is 0 Å². The molecule has 1 rings (SSSR count). The van der Waals surface area contributed by atoms with Crippen LogP contribution in [0.1, 0.15) is 12.8 Å². The van der Waals surface area contributed by atoms with Crippen molar-refractivity contribution in [3.63, 3.8) is 0 Å². The van der Waals surface area contributed by atoms with E-state index in [1.165, 1.54) is 4.31 Å². The van der Waals surface area contributed by atoms with Crippen LogP contribution in [0.15, 0.2) is 0 Å². The standard InChI is InChI=1S/C7H15ClN2O4S2/c1-15(11,12)9-7-2-4-10(5-3-7)16(13,14)6-8/h7,9H,2-6H2,1H3. The summed E-state index contributed by atoms with van der Waals surface area (Å²) >= 11 is 5.33. The Kier molecular flexibility index (Phi) is 4.58. The van der Waals surface area contributed by atoms with Gasteiger partial charge >= 0.3 is 0 Å². The van der Waals surface area contributed by atoms with Gasteiger partial charge in [0.05, 0.1) is 6.26 Å². The minimum atomic E-state index is -3.37. The van der Waals surface area contributed by atoms with Crippen molar-refractivity contribution >= 4 is 31.6 Å². The highest BCUT2D eigenvalue weighted by Crippen LogP contribution is 2.15. The number of nitrogens with one attached hydrogen (secondary N) is 1. The quantitative estimate of drug-likeness (QED) is 0.709. The molecule has 96 valence electrons.